The average molecular weight is 228 g/mol. The SMILES string of the molecule is COc1cccc(-c2ccc(CCO)cc2)c1. The molecule has 0 radical (unpaired) electrons. The van der Waals surface area contributed by atoms with Crippen LogP contribution >= 0.6 is 0 Å². The van der Waals surface area contributed by atoms with Gasteiger partial charge in [-0.25, -0.2) is 0 Å². The first kappa shape index (κ1) is 11.7. The van der Waals surface area contributed by atoms with Crippen molar-refractivity contribution in [2.75, 3.05) is 13.7 Å². The molecule has 2 rings (SSSR count). The molecule has 2 aromatic carbocycles. The summed E-state index contributed by atoms with van der Waals surface area (Å²) in [4.78, 5) is 0. The quantitative estimate of drug-likeness (QED) is 0.871. The van der Waals surface area contributed by atoms with Gasteiger partial charge >= 0.3 is 0 Å². The molecule has 0 saturated carbocycles. The zero-order chi connectivity index (χ0) is 12.1. The topological polar surface area (TPSA) is 29.5 Å². The number of aliphatic hydroxyl groups excluding tert-OH is 1. The predicted octanol–water partition coefficient (Wildman–Crippen LogP) is 2.90. The highest BCUT2D eigenvalue weighted by molar-refractivity contribution is 5.65. The summed E-state index contributed by atoms with van der Waals surface area (Å²) in [5.41, 5.74) is 3.45. The maximum atomic E-state index is 8.86. The van der Waals surface area contributed by atoms with Crippen molar-refractivity contribution in [3.8, 4) is 16.9 Å². The van der Waals surface area contributed by atoms with Crippen molar-refractivity contribution in [1.29, 1.82) is 0 Å². The van der Waals surface area contributed by atoms with E-state index in [2.05, 4.69) is 18.2 Å². The maximum absolute atomic E-state index is 8.86. The van der Waals surface area contributed by atoms with Crippen molar-refractivity contribution >= 4 is 0 Å². The molecule has 2 heteroatoms. The average Bonchev–Trinajstić information content (AvgIpc) is 2.40. The van der Waals surface area contributed by atoms with Crippen LogP contribution in [0.25, 0.3) is 11.1 Å². The van der Waals surface area contributed by atoms with Gasteiger partial charge in [0.1, 0.15) is 5.75 Å². The molecule has 1 N–H and O–H groups in total. The number of rotatable bonds is 4. The number of benzene rings is 2. The first-order chi connectivity index (χ1) is 8.33. The molecular weight excluding hydrogens is 212 g/mol. The molecule has 0 saturated heterocycles. The molecule has 88 valence electrons. The lowest BCUT2D eigenvalue weighted by molar-refractivity contribution is 0.299. The third-order valence-corrected chi connectivity index (χ3v) is 2.76. The summed E-state index contributed by atoms with van der Waals surface area (Å²) in [7, 11) is 1.67. The lowest BCUT2D eigenvalue weighted by Crippen LogP contribution is -1.90. The van der Waals surface area contributed by atoms with Crippen molar-refractivity contribution in [2.24, 2.45) is 0 Å². The van der Waals surface area contributed by atoms with Crippen LogP contribution in [-0.4, -0.2) is 18.8 Å². The number of hydrogen-bond acceptors (Lipinski definition) is 2. The van der Waals surface area contributed by atoms with Crippen LogP contribution in [0.1, 0.15) is 5.56 Å². The summed E-state index contributed by atoms with van der Waals surface area (Å²) < 4.78 is 5.21. The molecule has 0 fully saturated rings. The summed E-state index contributed by atoms with van der Waals surface area (Å²) in [5.74, 6) is 0.863. The third kappa shape index (κ3) is 2.86. The van der Waals surface area contributed by atoms with E-state index in [-0.39, 0.29) is 6.61 Å². The van der Waals surface area contributed by atoms with E-state index in [1.807, 2.05) is 30.3 Å². The highest BCUT2D eigenvalue weighted by Gasteiger charge is 1.99. The van der Waals surface area contributed by atoms with Crippen LogP contribution in [0.15, 0.2) is 48.5 Å². The van der Waals surface area contributed by atoms with Gasteiger partial charge in [0.25, 0.3) is 0 Å². The van der Waals surface area contributed by atoms with Crippen LogP contribution in [0, 0.1) is 0 Å². The van der Waals surface area contributed by atoms with E-state index >= 15 is 0 Å². The van der Waals surface area contributed by atoms with Gasteiger partial charge in [0, 0.05) is 6.61 Å². The van der Waals surface area contributed by atoms with E-state index in [4.69, 9.17) is 9.84 Å². The Labute approximate surface area is 101 Å². The van der Waals surface area contributed by atoms with Gasteiger partial charge in [-0.3, -0.25) is 0 Å². The molecule has 0 heterocycles. The molecule has 0 unspecified atom stereocenters. The van der Waals surface area contributed by atoms with Crippen LogP contribution < -0.4 is 4.74 Å². The minimum Gasteiger partial charge on any atom is -0.497 e. The molecule has 0 amide bonds. The Kier molecular flexibility index (Phi) is 3.78. The van der Waals surface area contributed by atoms with E-state index in [9.17, 15) is 0 Å². The molecule has 0 bridgehead atoms. The molecular formula is C15H16O2. The molecule has 17 heavy (non-hydrogen) atoms. The Morgan fingerprint density at radius 2 is 1.76 bits per heavy atom. The molecule has 0 atom stereocenters. The number of ether oxygens (including phenoxy) is 1. The van der Waals surface area contributed by atoms with Gasteiger partial charge in [-0.05, 0) is 35.2 Å². The minimum absolute atomic E-state index is 0.193. The maximum Gasteiger partial charge on any atom is 0.119 e. The summed E-state index contributed by atoms with van der Waals surface area (Å²) in [5, 5.41) is 8.86. The van der Waals surface area contributed by atoms with E-state index in [0.717, 1.165) is 22.4 Å². The first-order valence-electron chi connectivity index (χ1n) is 5.67. The Balaban J connectivity index is 2.26. The summed E-state index contributed by atoms with van der Waals surface area (Å²) >= 11 is 0. The molecule has 0 aliphatic rings. The van der Waals surface area contributed by atoms with Crippen molar-refractivity contribution in [1.82, 2.24) is 0 Å². The monoisotopic (exact) mass is 228 g/mol. The Hall–Kier alpha value is -1.80. The fourth-order valence-corrected chi connectivity index (χ4v) is 1.80. The zero-order valence-electron chi connectivity index (χ0n) is 9.89. The van der Waals surface area contributed by atoms with Gasteiger partial charge in [0.15, 0.2) is 0 Å². The van der Waals surface area contributed by atoms with Gasteiger partial charge in [-0.15, -0.1) is 0 Å². The smallest absolute Gasteiger partial charge is 0.119 e. The van der Waals surface area contributed by atoms with Crippen LogP contribution in [0.4, 0.5) is 0 Å². The van der Waals surface area contributed by atoms with Crippen molar-refractivity contribution in [3.63, 3.8) is 0 Å². The normalized spacial score (nSPS) is 10.2. The number of methoxy groups -OCH3 is 1. The summed E-state index contributed by atoms with van der Waals surface area (Å²) in [6.07, 6.45) is 0.707. The highest BCUT2D eigenvalue weighted by atomic mass is 16.5. The van der Waals surface area contributed by atoms with E-state index in [1.54, 1.807) is 7.11 Å². The molecule has 0 aliphatic carbocycles. The molecule has 2 nitrogen and oxygen atoms in total. The Bertz CT molecular complexity index is 475. The second-order valence-electron chi connectivity index (χ2n) is 3.90. The molecule has 0 spiro atoms. The van der Waals surface area contributed by atoms with E-state index in [0.29, 0.717) is 6.42 Å². The number of hydrogen-bond donors (Lipinski definition) is 1. The van der Waals surface area contributed by atoms with Crippen molar-refractivity contribution in [2.45, 2.75) is 6.42 Å². The fourth-order valence-electron chi connectivity index (χ4n) is 1.80. The lowest BCUT2D eigenvalue weighted by atomic mass is 10.0. The van der Waals surface area contributed by atoms with Gasteiger partial charge < -0.3 is 9.84 Å². The Morgan fingerprint density at radius 3 is 2.41 bits per heavy atom. The van der Waals surface area contributed by atoms with Crippen molar-refractivity contribution < 1.29 is 9.84 Å². The second-order valence-corrected chi connectivity index (χ2v) is 3.90. The second kappa shape index (κ2) is 5.51. The standard InChI is InChI=1S/C15H16O2/c1-17-15-4-2-3-14(11-15)13-7-5-12(6-8-13)9-10-16/h2-8,11,16H,9-10H2,1H3. The third-order valence-electron chi connectivity index (χ3n) is 2.76. The molecule has 2 aromatic rings. The summed E-state index contributed by atoms with van der Waals surface area (Å²) in [6, 6.07) is 16.2. The lowest BCUT2D eigenvalue weighted by Gasteiger charge is -2.05. The van der Waals surface area contributed by atoms with Crippen LogP contribution in [0.3, 0.4) is 0 Å². The van der Waals surface area contributed by atoms with Crippen LogP contribution in [0.2, 0.25) is 0 Å². The van der Waals surface area contributed by atoms with Crippen LogP contribution in [0.5, 0.6) is 5.75 Å². The fraction of sp³-hybridized carbons (Fsp3) is 0.200. The molecule has 0 aliphatic heterocycles. The Morgan fingerprint density at radius 1 is 1.00 bits per heavy atom. The predicted molar refractivity (Wildman–Crippen MR) is 69.2 cm³/mol. The van der Waals surface area contributed by atoms with Gasteiger partial charge in [0.2, 0.25) is 0 Å². The van der Waals surface area contributed by atoms with Gasteiger partial charge in [0.05, 0.1) is 7.11 Å². The first-order valence-corrected chi connectivity index (χ1v) is 5.67. The highest BCUT2D eigenvalue weighted by Crippen LogP contribution is 2.24. The van der Waals surface area contributed by atoms with E-state index in [1.165, 1.54) is 0 Å². The molecule has 0 aromatic heterocycles. The minimum atomic E-state index is 0.193. The van der Waals surface area contributed by atoms with Gasteiger partial charge in [-0.2, -0.15) is 0 Å². The largest absolute Gasteiger partial charge is 0.497 e. The summed E-state index contributed by atoms with van der Waals surface area (Å²) in [6.45, 7) is 0.193. The number of aliphatic hydroxyl groups is 1. The van der Waals surface area contributed by atoms with Gasteiger partial charge in [-0.1, -0.05) is 36.4 Å². The van der Waals surface area contributed by atoms with Crippen molar-refractivity contribution in [3.05, 3.63) is 54.1 Å². The van der Waals surface area contributed by atoms with Crippen LogP contribution in [-0.2, 0) is 6.42 Å². The zero-order valence-corrected chi connectivity index (χ0v) is 9.89. The van der Waals surface area contributed by atoms with E-state index < -0.39 is 0 Å².